The van der Waals surface area contributed by atoms with Crippen molar-refractivity contribution < 1.29 is 9.53 Å². The van der Waals surface area contributed by atoms with Crippen molar-refractivity contribution >= 4 is 6.09 Å². The van der Waals surface area contributed by atoms with Crippen molar-refractivity contribution in [3.63, 3.8) is 0 Å². The number of hydrogen-bond acceptors (Lipinski definition) is 5. The highest BCUT2D eigenvalue weighted by atomic mass is 16.6. The zero-order valence-electron chi connectivity index (χ0n) is 17.7. The second-order valence-electron chi connectivity index (χ2n) is 8.23. The van der Waals surface area contributed by atoms with Crippen molar-refractivity contribution in [1.29, 1.82) is 0 Å². The average Bonchev–Trinajstić information content (AvgIpc) is 2.96. The minimum atomic E-state index is -0.317. The summed E-state index contributed by atoms with van der Waals surface area (Å²) in [5.74, 6) is 0.473. The maximum absolute atomic E-state index is 12.6. The number of benzene rings is 1. The lowest BCUT2D eigenvalue weighted by Crippen LogP contribution is -2.50. The first-order valence-corrected chi connectivity index (χ1v) is 10.8. The summed E-state index contributed by atoms with van der Waals surface area (Å²) in [6.45, 7) is 4.95. The quantitative estimate of drug-likeness (QED) is 0.639. The molecule has 1 aliphatic carbocycles. The number of hydrogen-bond donors (Lipinski definition) is 0. The smallest absolute Gasteiger partial charge is 0.409 e. The van der Waals surface area contributed by atoms with Crippen LogP contribution in [0.5, 0.6) is 5.75 Å². The van der Waals surface area contributed by atoms with Crippen LogP contribution in [0.4, 0.5) is 4.79 Å². The third kappa shape index (κ3) is 4.03. The molecule has 5 rings (SSSR count). The number of aryl methyl sites for hydroxylation is 3. The minimum Gasteiger partial charge on any atom is -0.409 e. The molecule has 6 nitrogen and oxygen atoms in total. The third-order valence-electron chi connectivity index (χ3n) is 6.22. The monoisotopic (exact) mass is 414 g/mol. The van der Waals surface area contributed by atoms with Crippen molar-refractivity contribution in [2.24, 2.45) is 0 Å². The van der Waals surface area contributed by atoms with Crippen LogP contribution < -0.4 is 4.74 Å². The van der Waals surface area contributed by atoms with Gasteiger partial charge in [0.25, 0.3) is 0 Å². The van der Waals surface area contributed by atoms with Crippen LogP contribution >= 0.6 is 0 Å². The molecule has 6 heteroatoms. The first-order chi connectivity index (χ1) is 15.2. The number of pyridine rings is 2. The van der Waals surface area contributed by atoms with Gasteiger partial charge in [-0.1, -0.05) is 29.8 Å². The van der Waals surface area contributed by atoms with Gasteiger partial charge in [-0.05, 0) is 54.7 Å². The lowest BCUT2D eigenvalue weighted by atomic mass is 9.94. The highest BCUT2D eigenvalue weighted by Gasteiger charge is 2.33. The summed E-state index contributed by atoms with van der Waals surface area (Å²) in [5.41, 5.74) is 6.51. The molecule has 0 bridgehead atoms. The van der Waals surface area contributed by atoms with Gasteiger partial charge in [-0.3, -0.25) is 14.9 Å². The molecule has 0 saturated carbocycles. The van der Waals surface area contributed by atoms with E-state index in [4.69, 9.17) is 9.72 Å². The van der Waals surface area contributed by atoms with Crippen LogP contribution in [0.3, 0.4) is 0 Å². The lowest BCUT2D eigenvalue weighted by Gasteiger charge is -2.39. The fourth-order valence-electron chi connectivity index (χ4n) is 4.65. The van der Waals surface area contributed by atoms with E-state index >= 15 is 0 Å². The minimum absolute atomic E-state index is 0.116. The van der Waals surface area contributed by atoms with Crippen molar-refractivity contribution in [1.82, 2.24) is 19.8 Å². The number of fused-ring (bicyclic) bond motifs is 2. The Kier molecular flexibility index (Phi) is 5.38. The average molecular weight is 415 g/mol. The van der Waals surface area contributed by atoms with Crippen molar-refractivity contribution in [3.05, 3.63) is 89.0 Å². The van der Waals surface area contributed by atoms with Crippen LogP contribution in [-0.2, 0) is 12.8 Å². The highest BCUT2D eigenvalue weighted by molar-refractivity contribution is 5.70. The number of aromatic nitrogens is 2. The van der Waals surface area contributed by atoms with Crippen LogP contribution in [0.1, 0.15) is 34.0 Å². The molecule has 1 saturated heterocycles. The standard InChI is InChI=1S/C25H26N4O2/c1-18-6-9-22-20(16-18)8-7-19-4-2-11-27-23(19)24(22)28-12-14-29(15-13-28)25(30)31-21-5-3-10-26-17-21/h2-6,9-11,16-17,24H,7-8,12-15H2,1H3/t24-/m0/s1. The van der Waals surface area contributed by atoms with E-state index in [1.54, 1.807) is 29.4 Å². The number of rotatable bonds is 2. The summed E-state index contributed by atoms with van der Waals surface area (Å²) in [6.07, 6.45) is 6.84. The molecule has 1 aromatic carbocycles. The molecule has 1 aliphatic heterocycles. The van der Waals surface area contributed by atoms with E-state index < -0.39 is 0 Å². The molecule has 3 heterocycles. The molecule has 3 aromatic rings. The number of carbonyl (C=O) groups is 1. The Morgan fingerprint density at radius 1 is 1.00 bits per heavy atom. The second kappa shape index (κ2) is 8.47. The van der Waals surface area contributed by atoms with E-state index in [9.17, 15) is 4.79 Å². The normalized spacial score (nSPS) is 18.6. The van der Waals surface area contributed by atoms with E-state index in [0.717, 1.165) is 31.6 Å². The van der Waals surface area contributed by atoms with E-state index in [1.807, 2.05) is 12.3 Å². The van der Waals surface area contributed by atoms with E-state index in [0.29, 0.717) is 18.8 Å². The van der Waals surface area contributed by atoms with E-state index in [2.05, 4.69) is 41.1 Å². The number of nitrogens with zero attached hydrogens (tertiary/aromatic N) is 4. The Bertz CT molecular complexity index is 1080. The zero-order valence-corrected chi connectivity index (χ0v) is 17.7. The Hall–Kier alpha value is -3.25. The molecule has 0 radical (unpaired) electrons. The summed E-state index contributed by atoms with van der Waals surface area (Å²) in [7, 11) is 0. The zero-order chi connectivity index (χ0) is 21.2. The number of carbonyl (C=O) groups excluding carboxylic acids is 1. The lowest BCUT2D eigenvalue weighted by molar-refractivity contribution is 0.0964. The van der Waals surface area contributed by atoms with Crippen LogP contribution in [0, 0.1) is 6.92 Å². The Morgan fingerprint density at radius 3 is 2.61 bits per heavy atom. The molecule has 31 heavy (non-hydrogen) atoms. The van der Waals surface area contributed by atoms with Gasteiger partial charge in [0.2, 0.25) is 0 Å². The van der Waals surface area contributed by atoms with E-state index in [-0.39, 0.29) is 12.1 Å². The summed E-state index contributed by atoms with van der Waals surface area (Å²) in [4.78, 5) is 25.6. The second-order valence-corrected chi connectivity index (χ2v) is 8.23. The highest BCUT2D eigenvalue weighted by Crippen LogP contribution is 2.36. The van der Waals surface area contributed by atoms with Crippen molar-refractivity contribution in [3.8, 4) is 5.75 Å². The van der Waals surface area contributed by atoms with Gasteiger partial charge in [-0.15, -0.1) is 0 Å². The van der Waals surface area contributed by atoms with Gasteiger partial charge in [-0.2, -0.15) is 0 Å². The van der Waals surface area contributed by atoms with Crippen molar-refractivity contribution in [2.45, 2.75) is 25.8 Å². The molecule has 1 fully saturated rings. The van der Waals surface area contributed by atoms with Crippen LogP contribution in [-0.4, -0.2) is 52.0 Å². The summed E-state index contributed by atoms with van der Waals surface area (Å²) in [5, 5.41) is 0. The molecule has 0 N–H and O–H groups in total. The summed E-state index contributed by atoms with van der Waals surface area (Å²) < 4.78 is 5.47. The Morgan fingerprint density at radius 2 is 1.81 bits per heavy atom. The predicted molar refractivity (Wildman–Crippen MR) is 118 cm³/mol. The molecule has 1 atom stereocenters. The molecule has 158 valence electrons. The third-order valence-corrected chi connectivity index (χ3v) is 6.22. The van der Waals surface area contributed by atoms with Gasteiger partial charge in [0.1, 0.15) is 0 Å². The Balaban J connectivity index is 1.37. The SMILES string of the molecule is Cc1ccc2c(c1)CCc1cccnc1[C@H]2N1CCN(C(=O)Oc2cccnc2)CC1. The van der Waals surface area contributed by atoms with Gasteiger partial charge in [0, 0.05) is 38.6 Å². The van der Waals surface area contributed by atoms with E-state index in [1.165, 1.54) is 22.3 Å². The first kappa shape index (κ1) is 19.7. The van der Waals surface area contributed by atoms with Gasteiger partial charge in [-0.25, -0.2) is 4.79 Å². The summed E-state index contributed by atoms with van der Waals surface area (Å²) >= 11 is 0. The summed E-state index contributed by atoms with van der Waals surface area (Å²) in [6, 6.07) is 14.6. The maximum Gasteiger partial charge on any atom is 0.415 e. The van der Waals surface area contributed by atoms with Gasteiger partial charge in [0.15, 0.2) is 5.75 Å². The largest absolute Gasteiger partial charge is 0.415 e. The maximum atomic E-state index is 12.6. The predicted octanol–water partition coefficient (Wildman–Crippen LogP) is 3.79. The number of piperazine rings is 1. The molecule has 0 unspecified atom stereocenters. The fourth-order valence-corrected chi connectivity index (χ4v) is 4.65. The first-order valence-electron chi connectivity index (χ1n) is 10.8. The topological polar surface area (TPSA) is 58.6 Å². The number of ether oxygens (including phenoxy) is 1. The van der Waals surface area contributed by atoms with Crippen molar-refractivity contribution in [2.75, 3.05) is 26.2 Å². The molecular weight excluding hydrogens is 388 g/mol. The van der Waals surface area contributed by atoms with Gasteiger partial charge >= 0.3 is 6.09 Å². The molecule has 0 spiro atoms. The molecule has 2 aromatic heterocycles. The fraction of sp³-hybridized carbons (Fsp3) is 0.320. The van der Waals surface area contributed by atoms with Crippen LogP contribution in [0.25, 0.3) is 0 Å². The van der Waals surface area contributed by atoms with Gasteiger partial charge < -0.3 is 9.64 Å². The number of amides is 1. The van der Waals surface area contributed by atoms with Gasteiger partial charge in [0.05, 0.1) is 17.9 Å². The van der Waals surface area contributed by atoms with Crippen LogP contribution in [0.15, 0.2) is 61.1 Å². The molecular formula is C25H26N4O2. The molecule has 2 aliphatic rings. The van der Waals surface area contributed by atoms with Crippen LogP contribution in [0.2, 0.25) is 0 Å². The molecule has 1 amide bonds. The Labute approximate surface area is 182 Å².